The van der Waals surface area contributed by atoms with E-state index in [1.165, 1.54) is 28.9 Å². The number of amides is 1. The molecular formula is C26H25F3N8O2S2. The summed E-state index contributed by atoms with van der Waals surface area (Å²) < 4.78 is 38.6. The van der Waals surface area contributed by atoms with E-state index in [1.807, 2.05) is 22.1 Å². The number of fused-ring (bicyclic) bond motifs is 2. The summed E-state index contributed by atoms with van der Waals surface area (Å²) in [7, 11) is 0. The molecule has 0 aromatic carbocycles. The van der Waals surface area contributed by atoms with Gasteiger partial charge in [0.2, 0.25) is 5.95 Å². The molecule has 4 aromatic rings. The largest absolute Gasteiger partial charge is 0.419 e. The number of pyridine rings is 1. The molecule has 3 atom stereocenters. The van der Waals surface area contributed by atoms with E-state index in [0.29, 0.717) is 34.6 Å². The van der Waals surface area contributed by atoms with Crippen LogP contribution in [0, 0.1) is 6.92 Å². The standard InChI is InChI=1S/C26H25F3N8O2S2/c1-13-21(41-22(33-13)14(2)38)19-12-40-25(34-19)35-20-6-3-15(7-30-20)23(39)37-17-4-5-18(37)11-36(10-17)24-31-8-16(9-32-24)26(27,28)29/h3,6-9,12,14,17-18,38H,4-5,10-11H2,1-2H3,(H,30,34,35). The zero-order valence-electron chi connectivity index (χ0n) is 22.0. The molecule has 4 aromatic heterocycles. The first kappa shape index (κ1) is 27.5. The Balaban J connectivity index is 1.10. The SMILES string of the molecule is Cc1nc(C(C)O)sc1-c1csc(Nc2ccc(C(=O)N3C4CCC3CN(c3ncc(C(F)(F)F)cn3)C4)cn2)n1. The summed E-state index contributed by atoms with van der Waals surface area (Å²) in [5.74, 6) is 0.648. The third-order valence-electron chi connectivity index (χ3n) is 7.12. The van der Waals surface area contributed by atoms with Gasteiger partial charge in [-0.15, -0.1) is 22.7 Å². The number of alkyl halides is 3. The lowest BCUT2D eigenvalue weighted by atomic mass is 10.1. The Morgan fingerprint density at radius 1 is 1.10 bits per heavy atom. The highest BCUT2D eigenvalue weighted by Crippen LogP contribution is 2.36. The molecule has 2 N–H and O–H groups in total. The third-order valence-corrected chi connectivity index (χ3v) is 9.23. The van der Waals surface area contributed by atoms with Crippen LogP contribution in [0.15, 0.2) is 36.1 Å². The number of aliphatic hydroxyl groups is 1. The van der Waals surface area contributed by atoms with Gasteiger partial charge in [0.1, 0.15) is 16.9 Å². The molecule has 0 spiro atoms. The summed E-state index contributed by atoms with van der Waals surface area (Å²) in [5.41, 5.74) is 1.14. The second-order valence-corrected chi connectivity index (χ2v) is 11.9. The molecule has 2 aliphatic rings. The molecule has 1 amide bonds. The van der Waals surface area contributed by atoms with E-state index >= 15 is 0 Å². The number of thiazole rings is 2. The number of aromatic nitrogens is 5. The molecule has 6 rings (SSSR count). The molecule has 0 radical (unpaired) electrons. The number of halogens is 3. The minimum atomic E-state index is -4.49. The Labute approximate surface area is 241 Å². The highest BCUT2D eigenvalue weighted by atomic mass is 32.1. The Morgan fingerprint density at radius 2 is 1.80 bits per heavy atom. The van der Waals surface area contributed by atoms with Gasteiger partial charge in [-0.25, -0.2) is 24.9 Å². The third kappa shape index (κ3) is 5.48. The average Bonchev–Trinajstić information content (AvgIpc) is 3.63. The van der Waals surface area contributed by atoms with Crippen LogP contribution in [0.1, 0.15) is 52.5 Å². The van der Waals surface area contributed by atoms with E-state index in [1.54, 1.807) is 19.1 Å². The predicted molar refractivity (Wildman–Crippen MR) is 148 cm³/mol. The first-order valence-electron chi connectivity index (χ1n) is 12.9. The van der Waals surface area contributed by atoms with Gasteiger partial charge in [-0.1, -0.05) is 0 Å². The monoisotopic (exact) mass is 602 g/mol. The maximum absolute atomic E-state index is 13.4. The fourth-order valence-corrected chi connectivity index (χ4v) is 6.90. The molecule has 2 aliphatic heterocycles. The van der Waals surface area contributed by atoms with Crippen LogP contribution in [-0.4, -0.2) is 66.0 Å². The lowest BCUT2D eigenvalue weighted by molar-refractivity contribution is -0.138. The van der Waals surface area contributed by atoms with Crippen molar-refractivity contribution in [2.24, 2.45) is 0 Å². The van der Waals surface area contributed by atoms with Crippen molar-refractivity contribution in [3.63, 3.8) is 0 Å². The summed E-state index contributed by atoms with van der Waals surface area (Å²) in [4.78, 5) is 39.3. The zero-order chi connectivity index (χ0) is 28.9. The molecule has 2 bridgehead atoms. The maximum Gasteiger partial charge on any atom is 0.419 e. The van der Waals surface area contributed by atoms with Crippen molar-refractivity contribution in [3.05, 3.63) is 57.9 Å². The van der Waals surface area contributed by atoms with E-state index in [2.05, 4.69) is 30.2 Å². The van der Waals surface area contributed by atoms with Crippen LogP contribution in [-0.2, 0) is 6.18 Å². The van der Waals surface area contributed by atoms with Gasteiger partial charge in [0, 0.05) is 37.1 Å². The van der Waals surface area contributed by atoms with E-state index < -0.39 is 17.8 Å². The molecule has 10 nitrogen and oxygen atoms in total. The van der Waals surface area contributed by atoms with Crippen molar-refractivity contribution in [3.8, 4) is 10.6 Å². The molecule has 0 aliphatic carbocycles. The second kappa shape index (κ2) is 10.6. The van der Waals surface area contributed by atoms with Gasteiger partial charge in [-0.3, -0.25) is 4.79 Å². The normalized spacial score (nSPS) is 19.5. The highest BCUT2D eigenvalue weighted by Gasteiger charge is 2.43. The van der Waals surface area contributed by atoms with Gasteiger partial charge in [0.25, 0.3) is 5.91 Å². The van der Waals surface area contributed by atoms with Gasteiger partial charge in [0.05, 0.1) is 39.5 Å². The topological polar surface area (TPSA) is 120 Å². The van der Waals surface area contributed by atoms with Gasteiger partial charge in [-0.05, 0) is 38.8 Å². The van der Waals surface area contributed by atoms with E-state index in [4.69, 9.17) is 0 Å². The van der Waals surface area contributed by atoms with Crippen molar-refractivity contribution < 1.29 is 23.1 Å². The highest BCUT2D eigenvalue weighted by molar-refractivity contribution is 7.17. The molecule has 2 fully saturated rings. The number of aliphatic hydroxyl groups excluding tert-OH is 1. The van der Waals surface area contributed by atoms with Crippen LogP contribution in [0.2, 0.25) is 0 Å². The Hall–Kier alpha value is -3.69. The van der Waals surface area contributed by atoms with Gasteiger partial charge < -0.3 is 20.2 Å². The second-order valence-electron chi connectivity index (χ2n) is 10.0. The fourth-order valence-electron chi connectivity index (χ4n) is 5.15. The molecule has 2 saturated heterocycles. The Morgan fingerprint density at radius 3 is 2.39 bits per heavy atom. The first-order chi connectivity index (χ1) is 19.6. The van der Waals surface area contributed by atoms with Crippen LogP contribution >= 0.6 is 22.7 Å². The minimum absolute atomic E-state index is 0.0942. The number of carbonyl (C=O) groups is 1. The van der Waals surface area contributed by atoms with Crippen LogP contribution in [0.3, 0.4) is 0 Å². The number of nitrogens with one attached hydrogen (secondary N) is 1. The summed E-state index contributed by atoms with van der Waals surface area (Å²) in [5, 5.41) is 16.2. The number of aryl methyl sites for hydroxylation is 1. The van der Waals surface area contributed by atoms with E-state index in [9.17, 15) is 23.1 Å². The number of hydrogen-bond donors (Lipinski definition) is 2. The average molecular weight is 603 g/mol. The zero-order valence-corrected chi connectivity index (χ0v) is 23.6. The van der Waals surface area contributed by atoms with Gasteiger partial charge >= 0.3 is 6.18 Å². The number of rotatable bonds is 6. The summed E-state index contributed by atoms with van der Waals surface area (Å²) >= 11 is 2.83. The van der Waals surface area contributed by atoms with Crippen molar-refractivity contribution in [2.75, 3.05) is 23.3 Å². The number of anilines is 3. The van der Waals surface area contributed by atoms with E-state index in [0.717, 1.165) is 41.5 Å². The smallest absolute Gasteiger partial charge is 0.386 e. The summed E-state index contributed by atoms with van der Waals surface area (Å²) in [6, 6.07) is 3.26. The Kier molecular flexibility index (Phi) is 7.11. The molecule has 6 heterocycles. The molecule has 15 heteroatoms. The maximum atomic E-state index is 13.4. The Bertz CT molecular complexity index is 1540. The van der Waals surface area contributed by atoms with Crippen LogP contribution in [0.25, 0.3) is 10.6 Å². The lowest BCUT2D eigenvalue weighted by Crippen LogP contribution is -2.56. The van der Waals surface area contributed by atoms with Crippen molar-refractivity contribution >= 4 is 45.5 Å². The molecular weight excluding hydrogens is 577 g/mol. The molecule has 214 valence electrons. The summed E-state index contributed by atoms with van der Waals surface area (Å²) in [6.45, 7) is 4.46. The number of hydrogen-bond acceptors (Lipinski definition) is 11. The van der Waals surface area contributed by atoms with Crippen LogP contribution in [0.4, 0.5) is 30.1 Å². The minimum Gasteiger partial charge on any atom is -0.386 e. The van der Waals surface area contributed by atoms with Crippen molar-refractivity contribution in [1.29, 1.82) is 0 Å². The van der Waals surface area contributed by atoms with Gasteiger partial charge in [-0.2, -0.15) is 13.2 Å². The predicted octanol–water partition coefficient (Wildman–Crippen LogP) is 5.07. The quantitative estimate of drug-likeness (QED) is 0.312. The first-order valence-corrected chi connectivity index (χ1v) is 14.6. The number of piperazine rings is 1. The van der Waals surface area contributed by atoms with Crippen molar-refractivity contribution in [1.82, 2.24) is 29.8 Å². The number of nitrogens with zero attached hydrogens (tertiary/aromatic N) is 7. The van der Waals surface area contributed by atoms with Gasteiger partial charge in [0.15, 0.2) is 5.13 Å². The van der Waals surface area contributed by atoms with Crippen LogP contribution < -0.4 is 10.2 Å². The lowest BCUT2D eigenvalue weighted by Gasteiger charge is -2.41. The van der Waals surface area contributed by atoms with Crippen LogP contribution in [0.5, 0.6) is 0 Å². The fraction of sp³-hybridized carbons (Fsp3) is 0.385. The molecule has 3 unspecified atom stereocenters. The molecule has 41 heavy (non-hydrogen) atoms. The number of carbonyl (C=O) groups excluding carboxylic acids is 1. The van der Waals surface area contributed by atoms with E-state index in [-0.39, 0.29) is 23.9 Å². The van der Waals surface area contributed by atoms with Crippen molar-refractivity contribution in [2.45, 2.75) is 51.1 Å². The summed E-state index contributed by atoms with van der Waals surface area (Å²) in [6.07, 6.45) is -0.411. The molecule has 0 saturated carbocycles.